The van der Waals surface area contributed by atoms with Crippen LogP contribution in [0.1, 0.15) is 13.3 Å². The second-order valence-corrected chi connectivity index (χ2v) is 8.71. The van der Waals surface area contributed by atoms with Crippen molar-refractivity contribution in [1.29, 1.82) is 0 Å². The molecular formula is C10H14BrNO4S2. The van der Waals surface area contributed by atoms with Gasteiger partial charge in [0.15, 0.2) is 0 Å². The fraction of sp³-hybridized carbons (Fsp3) is 0.600. The lowest BCUT2D eigenvalue weighted by atomic mass is 9.97. The molecule has 0 aliphatic carbocycles. The Hall–Kier alpha value is 0.01000. The van der Waals surface area contributed by atoms with Crippen molar-refractivity contribution in [2.24, 2.45) is 0 Å². The first-order valence-electron chi connectivity index (χ1n) is 5.42. The highest BCUT2D eigenvalue weighted by molar-refractivity contribution is 9.11. The summed E-state index contributed by atoms with van der Waals surface area (Å²) in [5, 5.41) is 10.2. The third-order valence-corrected chi connectivity index (χ3v) is 6.56. The predicted octanol–water partition coefficient (Wildman–Crippen LogP) is 1.33. The number of thiophene rings is 1. The summed E-state index contributed by atoms with van der Waals surface area (Å²) in [4.78, 5) is 0. The van der Waals surface area contributed by atoms with Gasteiger partial charge in [-0.05, 0) is 35.0 Å². The Morgan fingerprint density at radius 2 is 2.39 bits per heavy atom. The van der Waals surface area contributed by atoms with Crippen LogP contribution in [0.15, 0.2) is 20.1 Å². The Kier molecular flexibility index (Phi) is 4.15. The van der Waals surface area contributed by atoms with E-state index in [1.165, 1.54) is 6.07 Å². The molecule has 2 heterocycles. The first kappa shape index (κ1) is 14.4. The molecule has 8 heteroatoms. The summed E-state index contributed by atoms with van der Waals surface area (Å²) >= 11 is 4.35. The molecule has 2 N–H and O–H groups in total. The van der Waals surface area contributed by atoms with Crippen LogP contribution in [0.2, 0.25) is 0 Å². The maximum absolute atomic E-state index is 12.0. The standard InChI is InChI=1S/C10H14BrNO4S2/c1-7-10(13,4-5-16-7)6-12-18(14,15)9-3-2-8(11)17-9/h2-3,7,12-13H,4-6H2,1H3. The number of nitrogens with one attached hydrogen (secondary N) is 1. The number of ether oxygens (including phenoxy) is 1. The molecule has 18 heavy (non-hydrogen) atoms. The molecule has 0 bridgehead atoms. The number of hydrogen-bond acceptors (Lipinski definition) is 5. The highest BCUT2D eigenvalue weighted by Crippen LogP contribution is 2.28. The van der Waals surface area contributed by atoms with Crippen molar-refractivity contribution in [2.75, 3.05) is 13.2 Å². The van der Waals surface area contributed by atoms with Crippen molar-refractivity contribution in [3.05, 3.63) is 15.9 Å². The van der Waals surface area contributed by atoms with E-state index >= 15 is 0 Å². The van der Waals surface area contributed by atoms with E-state index in [2.05, 4.69) is 20.7 Å². The van der Waals surface area contributed by atoms with Crippen molar-refractivity contribution >= 4 is 37.3 Å². The molecule has 0 saturated carbocycles. The first-order valence-corrected chi connectivity index (χ1v) is 8.52. The molecule has 2 unspecified atom stereocenters. The van der Waals surface area contributed by atoms with Gasteiger partial charge in [-0.3, -0.25) is 0 Å². The second kappa shape index (κ2) is 5.18. The molecule has 1 aliphatic heterocycles. The number of sulfonamides is 1. The maximum atomic E-state index is 12.0. The molecule has 1 aliphatic rings. The van der Waals surface area contributed by atoms with Gasteiger partial charge in [0.2, 0.25) is 10.0 Å². The van der Waals surface area contributed by atoms with E-state index in [-0.39, 0.29) is 16.9 Å². The molecule has 1 fully saturated rings. The molecule has 2 atom stereocenters. The fourth-order valence-electron chi connectivity index (χ4n) is 1.74. The zero-order valence-electron chi connectivity index (χ0n) is 9.72. The van der Waals surface area contributed by atoms with Crippen LogP contribution in [0.25, 0.3) is 0 Å². The van der Waals surface area contributed by atoms with Gasteiger partial charge in [0.05, 0.1) is 9.89 Å². The summed E-state index contributed by atoms with van der Waals surface area (Å²) < 4.78 is 32.6. The van der Waals surface area contributed by atoms with Gasteiger partial charge in [0.1, 0.15) is 9.81 Å². The van der Waals surface area contributed by atoms with Crippen LogP contribution in [0, 0.1) is 0 Å². The maximum Gasteiger partial charge on any atom is 0.250 e. The number of hydrogen-bond donors (Lipinski definition) is 2. The number of rotatable bonds is 4. The molecule has 0 amide bonds. The predicted molar refractivity (Wildman–Crippen MR) is 72.2 cm³/mol. The highest BCUT2D eigenvalue weighted by Gasteiger charge is 2.40. The van der Waals surface area contributed by atoms with E-state index in [0.29, 0.717) is 13.0 Å². The van der Waals surface area contributed by atoms with Crippen molar-refractivity contribution < 1.29 is 18.3 Å². The van der Waals surface area contributed by atoms with Crippen LogP contribution in [0.5, 0.6) is 0 Å². The van der Waals surface area contributed by atoms with Crippen LogP contribution in [0.4, 0.5) is 0 Å². The van der Waals surface area contributed by atoms with Gasteiger partial charge in [0.25, 0.3) is 0 Å². The summed E-state index contributed by atoms with van der Waals surface area (Å²) in [6.07, 6.45) is 0.0698. The zero-order chi connectivity index (χ0) is 13.4. The lowest BCUT2D eigenvalue weighted by molar-refractivity contribution is -0.0228. The molecule has 5 nitrogen and oxygen atoms in total. The molecule has 1 aromatic heterocycles. The third-order valence-electron chi connectivity index (χ3n) is 3.04. The highest BCUT2D eigenvalue weighted by atomic mass is 79.9. The van der Waals surface area contributed by atoms with E-state index < -0.39 is 15.6 Å². The molecule has 0 radical (unpaired) electrons. The lowest BCUT2D eigenvalue weighted by Gasteiger charge is -2.25. The van der Waals surface area contributed by atoms with Crippen molar-refractivity contribution in [1.82, 2.24) is 4.72 Å². The smallest absolute Gasteiger partial charge is 0.250 e. The minimum atomic E-state index is -3.57. The molecule has 1 saturated heterocycles. The summed E-state index contributed by atoms with van der Waals surface area (Å²) in [6.45, 7) is 2.15. The summed E-state index contributed by atoms with van der Waals surface area (Å²) in [5.41, 5.74) is -1.12. The molecule has 0 spiro atoms. The topological polar surface area (TPSA) is 75.6 Å². The normalized spacial score (nSPS) is 28.7. The quantitative estimate of drug-likeness (QED) is 0.854. The van der Waals surface area contributed by atoms with Crippen LogP contribution < -0.4 is 4.72 Å². The van der Waals surface area contributed by atoms with Gasteiger partial charge >= 0.3 is 0 Å². The third kappa shape index (κ3) is 2.94. The summed E-state index contributed by atoms with van der Waals surface area (Å²) in [5.74, 6) is 0. The van der Waals surface area contributed by atoms with Gasteiger partial charge in [0, 0.05) is 19.6 Å². The van der Waals surface area contributed by atoms with Crippen molar-refractivity contribution in [3.63, 3.8) is 0 Å². The summed E-state index contributed by atoms with van der Waals surface area (Å²) in [7, 11) is -3.57. The molecule has 2 rings (SSSR count). The Morgan fingerprint density at radius 1 is 1.67 bits per heavy atom. The van der Waals surface area contributed by atoms with Gasteiger partial charge < -0.3 is 9.84 Å². The van der Waals surface area contributed by atoms with Gasteiger partial charge in [-0.15, -0.1) is 11.3 Å². The van der Waals surface area contributed by atoms with E-state index in [1.54, 1.807) is 13.0 Å². The second-order valence-electron chi connectivity index (χ2n) is 4.25. The Morgan fingerprint density at radius 3 is 2.89 bits per heavy atom. The SMILES string of the molecule is CC1OCCC1(O)CNS(=O)(=O)c1ccc(Br)s1. The van der Waals surface area contributed by atoms with Crippen LogP contribution in [-0.4, -0.2) is 38.4 Å². The average molecular weight is 356 g/mol. The number of aliphatic hydroxyl groups is 1. The van der Waals surface area contributed by atoms with Crippen molar-refractivity contribution in [2.45, 2.75) is 29.3 Å². The monoisotopic (exact) mass is 355 g/mol. The summed E-state index contributed by atoms with van der Waals surface area (Å²) in [6, 6.07) is 3.20. The zero-order valence-corrected chi connectivity index (χ0v) is 12.9. The van der Waals surface area contributed by atoms with Crippen LogP contribution in [0.3, 0.4) is 0 Å². The molecule has 0 aromatic carbocycles. The van der Waals surface area contributed by atoms with E-state index in [0.717, 1.165) is 15.1 Å². The minimum absolute atomic E-state index is 0.0357. The average Bonchev–Trinajstić information content (AvgIpc) is 2.86. The Labute approximate surface area is 118 Å². The molecule has 1 aromatic rings. The molecular weight excluding hydrogens is 342 g/mol. The van der Waals surface area contributed by atoms with E-state index in [9.17, 15) is 13.5 Å². The van der Waals surface area contributed by atoms with E-state index in [1.807, 2.05) is 0 Å². The van der Waals surface area contributed by atoms with Gasteiger partial charge in [-0.25, -0.2) is 13.1 Å². The van der Waals surface area contributed by atoms with Gasteiger partial charge in [-0.2, -0.15) is 0 Å². The first-order chi connectivity index (χ1) is 8.33. The van der Waals surface area contributed by atoms with Gasteiger partial charge in [-0.1, -0.05) is 0 Å². The van der Waals surface area contributed by atoms with E-state index in [4.69, 9.17) is 4.74 Å². The molecule has 102 valence electrons. The fourth-order valence-corrected chi connectivity index (χ4v) is 4.89. The Balaban J connectivity index is 2.06. The number of halogens is 1. The lowest BCUT2D eigenvalue weighted by Crippen LogP contribution is -2.47. The van der Waals surface area contributed by atoms with Crippen molar-refractivity contribution in [3.8, 4) is 0 Å². The largest absolute Gasteiger partial charge is 0.386 e. The van der Waals surface area contributed by atoms with Crippen LogP contribution in [-0.2, 0) is 14.8 Å². The van der Waals surface area contributed by atoms with Crippen LogP contribution >= 0.6 is 27.3 Å². The Bertz CT molecular complexity index is 530. The minimum Gasteiger partial charge on any atom is -0.386 e.